The second kappa shape index (κ2) is 7.84. The molecule has 1 rings (SSSR count). The molecule has 1 aromatic rings. The van der Waals surface area contributed by atoms with Crippen molar-refractivity contribution in [2.45, 2.75) is 24.8 Å². The van der Waals surface area contributed by atoms with Crippen LogP contribution >= 0.6 is 12.2 Å². The first-order chi connectivity index (χ1) is 9.77. The van der Waals surface area contributed by atoms with E-state index in [2.05, 4.69) is 0 Å². The molecular formula is C14H22N2O3S2. The molecule has 0 radical (unpaired) electrons. The van der Waals surface area contributed by atoms with Gasteiger partial charge in [-0.3, -0.25) is 4.90 Å². The highest BCUT2D eigenvalue weighted by Gasteiger charge is 2.18. The number of sulfone groups is 1. The first-order valence-electron chi connectivity index (χ1n) is 6.75. The monoisotopic (exact) mass is 330 g/mol. The summed E-state index contributed by atoms with van der Waals surface area (Å²) in [5.74, 6) is 0.0115. The molecular weight excluding hydrogens is 308 g/mol. The van der Waals surface area contributed by atoms with Crippen LogP contribution in [0.15, 0.2) is 29.2 Å². The molecule has 3 N–H and O–H groups in total. The molecule has 0 atom stereocenters. The van der Waals surface area contributed by atoms with Gasteiger partial charge in [-0.25, -0.2) is 8.42 Å². The van der Waals surface area contributed by atoms with Gasteiger partial charge in [0.15, 0.2) is 9.84 Å². The average Bonchev–Trinajstić information content (AvgIpc) is 2.43. The number of rotatable bonds is 8. The lowest BCUT2D eigenvalue weighted by Crippen LogP contribution is -2.37. The van der Waals surface area contributed by atoms with Crippen molar-refractivity contribution in [1.82, 2.24) is 4.90 Å². The minimum atomic E-state index is -3.36. The molecule has 118 valence electrons. The third-order valence-corrected chi connectivity index (χ3v) is 5.21. The third kappa shape index (κ3) is 5.35. The van der Waals surface area contributed by atoms with E-state index in [0.717, 1.165) is 0 Å². The van der Waals surface area contributed by atoms with E-state index in [1.165, 1.54) is 12.1 Å². The number of hydrogen-bond acceptors (Lipinski definition) is 5. The van der Waals surface area contributed by atoms with Crippen molar-refractivity contribution < 1.29 is 13.5 Å². The van der Waals surface area contributed by atoms with Crippen LogP contribution < -0.4 is 5.73 Å². The van der Waals surface area contributed by atoms with Gasteiger partial charge in [0.05, 0.1) is 17.3 Å². The molecule has 0 fully saturated rings. The van der Waals surface area contributed by atoms with Crippen molar-refractivity contribution in [2.24, 2.45) is 5.73 Å². The molecule has 1 aromatic carbocycles. The van der Waals surface area contributed by atoms with Gasteiger partial charge in [0, 0.05) is 24.7 Å². The summed E-state index contributed by atoms with van der Waals surface area (Å²) >= 11 is 4.84. The summed E-state index contributed by atoms with van der Waals surface area (Å²) in [7, 11) is -3.36. The van der Waals surface area contributed by atoms with Gasteiger partial charge < -0.3 is 10.8 Å². The highest BCUT2D eigenvalue weighted by molar-refractivity contribution is 7.91. The number of benzene rings is 1. The van der Waals surface area contributed by atoms with Crippen LogP contribution in [0.4, 0.5) is 0 Å². The van der Waals surface area contributed by atoms with Gasteiger partial charge in [-0.1, -0.05) is 24.4 Å². The smallest absolute Gasteiger partial charge is 0.179 e. The fourth-order valence-electron chi connectivity index (χ4n) is 1.94. The average molecular weight is 330 g/mol. The van der Waals surface area contributed by atoms with Crippen LogP contribution in [0.3, 0.4) is 0 Å². The van der Waals surface area contributed by atoms with Crippen molar-refractivity contribution in [2.75, 3.05) is 25.4 Å². The summed E-state index contributed by atoms with van der Waals surface area (Å²) in [6, 6.07) is 6.46. The number of nitrogens with two attached hydrogens (primary N) is 1. The quantitative estimate of drug-likeness (QED) is 0.686. The first kappa shape index (κ1) is 18.0. The maximum atomic E-state index is 12.3. The van der Waals surface area contributed by atoms with Crippen LogP contribution in [0.25, 0.3) is 0 Å². The van der Waals surface area contributed by atoms with Crippen LogP contribution in [0.5, 0.6) is 0 Å². The molecule has 0 saturated heterocycles. The van der Waals surface area contributed by atoms with Crippen molar-refractivity contribution in [3.63, 3.8) is 0 Å². The second-order valence-corrected chi connectivity index (χ2v) is 7.61. The number of aliphatic hydroxyl groups excluding tert-OH is 1. The molecule has 0 aliphatic heterocycles. The summed E-state index contributed by atoms with van der Waals surface area (Å²) in [6.45, 7) is 4.81. The Morgan fingerprint density at radius 3 is 2.29 bits per heavy atom. The van der Waals surface area contributed by atoms with Gasteiger partial charge in [-0.15, -0.1) is 0 Å². The van der Waals surface area contributed by atoms with Crippen molar-refractivity contribution >= 4 is 27.0 Å². The minimum absolute atomic E-state index is 0.0115. The number of hydrogen-bond donors (Lipinski definition) is 2. The fourth-order valence-corrected chi connectivity index (χ4v) is 3.34. The fraction of sp³-hybridized carbons (Fsp3) is 0.500. The summed E-state index contributed by atoms with van der Waals surface area (Å²) in [5.41, 5.74) is 6.14. The molecule has 0 aliphatic rings. The van der Waals surface area contributed by atoms with E-state index in [4.69, 9.17) is 23.1 Å². The number of aliphatic hydroxyl groups is 1. The highest BCUT2D eigenvalue weighted by Crippen LogP contribution is 2.13. The highest BCUT2D eigenvalue weighted by atomic mass is 32.2. The van der Waals surface area contributed by atoms with E-state index >= 15 is 0 Å². The van der Waals surface area contributed by atoms with Crippen LogP contribution in [-0.4, -0.2) is 54.9 Å². The summed E-state index contributed by atoms with van der Waals surface area (Å²) in [6.07, 6.45) is 0. The molecule has 0 unspecified atom stereocenters. The maximum Gasteiger partial charge on any atom is 0.179 e. The molecule has 0 saturated carbocycles. The van der Waals surface area contributed by atoms with E-state index in [1.807, 2.05) is 18.7 Å². The predicted octanol–water partition coefficient (Wildman–Crippen LogP) is 0.797. The van der Waals surface area contributed by atoms with E-state index in [-0.39, 0.29) is 28.3 Å². The van der Waals surface area contributed by atoms with Crippen LogP contribution in [-0.2, 0) is 9.84 Å². The second-order valence-electron chi connectivity index (χ2n) is 5.06. The maximum absolute atomic E-state index is 12.3. The Morgan fingerprint density at radius 1 is 1.29 bits per heavy atom. The van der Waals surface area contributed by atoms with Crippen molar-refractivity contribution in [1.29, 1.82) is 0 Å². The van der Waals surface area contributed by atoms with Crippen LogP contribution in [0, 0.1) is 0 Å². The Bertz CT molecular complexity index is 568. The normalized spacial score (nSPS) is 12.0. The Balaban J connectivity index is 2.79. The molecule has 0 heterocycles. The molecule has 0 aromatic heterocycles. The topological polar surface area (TPSA) is 83.6 Å². The van der Waals surface area contributed by atoms with Gasteiger partial charge in [0.25, 0.3) is 0 Å². The minimum Gasteiger partial charge on any atom is -0.395 e. The predicted molar refractivity (Wildman–Crippen MR) is 88.2 cm³/mol. The lowest BCUT2D eigenvalue weighted by atomic mass is 10.2. The molecule has 0 bridgehead atoms. The van der Waals surface area contributed by atoms with Gasteiger partial charge in [-0.05, 0) is 26.0 Å². The van der Waals surface area contributed by atoms with Gasteiger partial charge in [-0.2, -0.15) is 0 Å². The zero-order chi connectivity index (χ0) is 16.0. The van der Waals surface area contributed by atoms with Crippen LogP contribution in [0.2, 0.25) is 0 Å². The van der Waals surface area contributed by atoms with Crippen LogP contribution in [0.1, 0.15) is 19.4 Å². The first-order valence-corrected chi connectivity index (χ1v) is 8.81. The summed E-state index contributed by atoms with van der Waals surface area (Å²) in [5, 5.41) is 9.00. The molecule has 0 aliphatic carbocycles. The largest absolute Gasteiger partial charge is 0.395 e. The summed E-state index contributed by atoms with van der Waals surface area (Å²) < 4.78 is 24.6. The standard InChI is InChI=1S/C14H22N2O3S2/c1-11(2)16(7-9-17)8-10-21(18,19)13-5-3-12(4-6-13)14(15)20/h3-6,11,17H,7-10H2,1-2H3,(H2,15,20). The molecule has 5 nitrogen and oxygen atoms in total. The molecule has 7 heteroatoms. The Labute approximate surface area is 131 Å². The Hall–Kier alpha value is -1.02. The Kier molecular flexibility index (Phi) is 6.73. The van der Waals surface area contributed by atoms with E-state index in [1.54, 1.807) is 12.1 Å². The van der Waals surface area contributed by atoms with Gasteiger partial charge >= 0.3 is 0 Å². The van der Waals surface area contributed by atoms with E-state index in [9.17, 15) is 8.42 Å². The number of nitrogens with zero attached hydrogens (tertiary/aromatic N) is 1. The zero-order valence-electron chi connectivity index (χ0n) is 12.3. The van der Waals surface area contributed by atoms with E-state index < -0.39 is 9.84 Å². The molecule has 0 spiro atoms. The van der Waals surface area contributed by atoms with E-state index in [0.29, 0.717) is 18.7 Å². The lowest BCUT2D eigenvalue weighted by molar-refractivity contribution is 0.173. The lowest BCUT2D eigenvalue weighted by Gasteiger charge is -2.25. The molecule has 0 amide bonds. The molecule has 21 heavy (non-hydrogen) atoms. The third-order valence-electron chi connectivity index (χ3n) is 3.26. The SMILES string of the molecule is CC(C)N(CCO)CCS(=O)(=O)c1ccc(C(N)=S)cc1. The van der Waals surface area contributed by atoms with Crippen molar-refractivity contribution in [3.8, 4) is 0 Å². The Morgan fingerprint density at radius 2 is 1.86 bits per heavy atom. The van der Waals surface area contributed by atoms with Gasteiger partial charge in [0.2, 0.25) is 0 Å². The number of thiocarbonyl (C=S) groups is 1. The summed E-state index contributed by atoms with van der Waals surface area (Å²) in [4.78, 5) is 2.43. The van der Waals surface area contributed by atoms with Gasteiger partial charge in [0.1, 0.15) is 4.99 Å². The zero-order valence-corrected chi connectivity index (χ0v) is 14.0. The van der Waals surface area contributed by atoms with Crippen molar-refractivity contribution in [3.05, 3.63) is 29.8 Å².